The molecule has 0 aliphatic rings. The minimum absolute atomic E-state index is 0.0243. The molecule has 0 spiro atoms. The molecule has 3 N–H and O–H groups in total. The lowest BCUT2D eigenvalue weighted by Gasteiger charge is -2.12. The van der Waals surface area contributed by atoms with Gasteiger partial charge in [-0.1, -0.05) is 13.8 Å². The first kappa shape index (κ1) is 13.5. The van der Waals surface area contributed by atoms with Crippen molar-refractivity contribution in [2.75, 3.05) is 17.6 Å². The minimum atomic E-state index is -0.513. The van der Waals surface area contributed by atoms with Crippen LogP contribution in [0.2, 0.25) is 5.28 Å². The van der Waals surface area contributed by atoms with Crippen LogP contribution in [0.1, 0.15) is 20.8 Å². The molecule has 17 heavy (non-hydrogen) atoms. The zero-order valence-electron chi connectivity index (χ0n) is 9.95. The molecule has 0 aliphatic carbocycles. The summed E-state index contributed by atoms with van der Waals surface area (Å²) in [5, 5.41) is 2.99. The fraction of sp³-hybridized carbons (Fsp3) is 0.500. The molecule has 0 radical (unpaired) electrons. The molecule has 1 aromatic heterocycles. The summed E-state index contributed by atoms with van der Waals surface area (Å²) in [7, 11) is 0. The van der Waals surface area contributed by atoms with E-state index >= 15 is 0 Å². The lowest BCUT2D eigenvalue weighted by atomic mass is 10.2. The van der Waals surface area contributed by atoms with Crippen LogP contribution in [-0.2, 0) is 4.79 Å². The third-order valence-electron chi connectivity index (χ3n) is 1.80. The predicted molar refractivity (Wildman–Crippen MR) is 66.1 cm³/mol. The van der Waals surface area contributed by atoms with Crippen LogP contribution in [0.15, 0.2) is 0 Å². The van der Waals surface area contributed by atoms with Gasteiger partial charge in [0.15, 0.2) is 5.82 Å². The van der Waals surface area contributed by atoms with Crippen LogP contribution in [0.5, 0.6) is 5.88 Å². The largest absolute Gasteiger partial charge is 0.405 e. The number of hydrogen-bond acceptors (Lipinski definition) is 6. The third-order valence-corrected chi connectivity index (χ3v) is 1.97. The number of anilines is 2. The molecule has 0 atom stereocenters. The minimum Gasteiger partial charge on any atom is -0.405 e. The van der Waals surface area contributed by atoms with Gasteiger partial charge < -0.3 is 15.8 Å². The number of esters is 1. The van der Waals surface area contributed by atoms with E-state index in [-0.39, 0.29) is 16.9 Å². The number of aromatic nitrogens is 2. The van der Waals surface area contributed by atoms with E-state index in [4.69, 9.17) is 22.1 Å². The highest BCUT2D eigenvalue weighted by Crippen LogP contribution is 2.27. The summed E-state index contributed by atoms with van der Waals surface area (Å²) in [4.78, 5) is 18.5. The van der Waals surface area contributed by atoms with Crippen LogP contribution in [-0.4, -0.2) is 22.5 Å². The fourth-order valence-corrected chi connectivity index (χ4v) is 1.23. The molecular weight excluding hydrogens is 244 g/mol. The Labute approximate surface area is 105 Å². The van der Waals surface area contributed by atoms with Crippen molar-refractivity contribution in [2.45, 2.75) is 20.8 Å². The Bertz CT molecular complexity index is 423. The van der Waals surface area contributed by atoms with E-state index in [2.05, 4.69) is 15.3 Å². The number of carbonyl (C=O) groups excluding carboxylic acids is 1. The molecule has 0 bridgehead atoms. The predicted octanol–water partition coefficient (Wildman–Crippen LogP) is 1.71. The van der Waals surface area contributed by atoms with Gasteiger partial charge in [0.1, 0.15) is 5.69 Å². The van der Waals surface area contributed by atoms with Gasteiger partial charge in [0, 0.05) is 13.5 Å². The number of nitrogen functional groups attached to an aromatic ring is 1. The smallest absolute Gasteiger partial charge is 0.309 e. The van der Waals surface area contributed by atoms with Gasteiger partial charge in [0.2, 0.25) is 5.28 Å². The normalized spacial score (nSPS) is 10.4. The van der Waals surface area contributed by atoms with Crippen molar-refractivity contribution in [1.29, 1.82) is 0 Å². The van der Waals surface area contributed by atoms with Crippen molar-refractivity contribution in [3.05, 3.63) is 5.28 Å². The summed E-state index contributed by atoms with van der Waals surface area (Å²) in [6.07, 6.45) is 0. The first-order valence-corrected chi connectivity index (χ1v) is 5.53. The Morgan fingerprint density at radius 2 is 2.18 bits per heavy atom. The van der Waals surface area contributed by atoms with Crippen LogP contribution in [0.25, 0.3) is 0 Å². The average molecular weight is 259 g/mol. The molecule has 7 heteroatoms. The first-order chi connectivity index (χ1) is 7.90. The van der Waals surface area contributed by atoms with Crippen molar-refractivity contribution < 1.29 is 9.53 Å². The molecule has 0 saturated carbocycles. The Morgan fingerprint density at radius 3 is 2.71 bits per heavy atom. The maximum Gasteiger partial charge on any atom is 0.309 e. The van der Waals surface area contributed by atoms with E-state index in [9.17, 15) is 4.79 Å². The van der Waals surface area contributed by atoms with Gasteiger partial charge in [0.25, 0.3) is 5.88 Å². The Balaban J connectivity index is 2.97. The zero-order valence-corrected chi connectivity index (χ0v) is 10.7. The maximum absolute atomic E-state index is 10.9. The maximum atomic E-state index is 10.9. The Hall–Kier alpha value is -1.56. The van der Waals surface area contributed by atoms with Crippen LogP contribution >= 0.6 is 11.6 Å². The number of nitrogens with one attached hydrogen (secondary N) is 1. The lowest BCUT2D eigenvalue weighted by Crippen LogP contribution is -2.14. The summed E-state index contributed by atoms with van der Waals surface area (Å²) in [6, 6.07) is 0. The first-order valence-electron chi connectivity index (χ1n) is 5.15. The molecule has 0 fully saturated rings. The van der Waals surface area contributed by atoms with Crippen molar-refractivity contribution in [3.63, 3.8) is 0 Å². The number of nitrogens with two attached hydrogens (primary N) is 1. The average Bonchev–Trinajstić information content (AvgIpc) is 2.19. The molecule has 0 unspecified atom stereocenters. The Kier molecular flexibility index (Phi) is 4.51. The molecule has 0 aliphatic heterocycles. The highest BCUT2D eigenvalue weighted by atomic mass is 35.5. The van der Waals surface area contributed by atoms with Gasteiger partial charge in [-0.2, -0.15) is 9.97 Å². The zero-order chi connectivity index (χ0) is 13.0. The summed E-state index contributed by atoms with van der Waals surface area (Å²) in [5.41, 5.74) is 5.93. The van der Waals surface area contributed by atoms with E-state index in [0.717, 1.165) is 0 Å². The molecule has 0 aromatic carbocycles. The van der Waals surface area contributed by atoms with Gasteiger partial charge in [0.05, 0.1) is 0 Å². The monoisotopic (exact) mass is 258 g/mol. The molecular formula is C10H15ClN4O2. The second-order valence-corrected chi connectivity index (χ2v) is 4.27. The third kappa shape index (κ3) is 4.07. The van der Waals surface area contributed by atoms with E-state index in [1.807, 2.05) is 13.8 Å². The highest BCUT2D eigenvalue weighted by Gasteiger charge is 2.13. The Morgan fingerprint density at radius 1 is 1.53 bits per heavy atom. The van der Waals surface area contributed by atoms with Crippen LogP contribution in [0.4, 0.5) is 11.5 Å². The van der Waals surface area contributed by atoms with E-state index < -0.39 is 5.97 Å². The molecule has 1 aromatic rings. The quantitative estimate of drug-likeness (QED) is 0.631. The van der Waals surface area contributed by atoms with E-state index in [1.54, 1.807) is 0 Å². The van der Waals surface area contributed by atoms with Crippen molar-refractivity contribution in [2.24, 2.45) is 5.92 Å². The van der Waals surface area contributed by atoms with Gasteiger partial charge in [-0.05, 0) is 17.5 Å². The number of nitrogens with zero attached hydrogens (tertiary/aromatic N) is 2. The van der Waals surface area contributed by atoms with Gasteiger partial charge >= 0.3 is 5.97 Å². The topological polar surface area (TPSA) is 90.1 Å². The number of ether oxygens (including phenoxy) is 1. The van der Waals surface area contributed by atoms with Crippen LogP contribution < -0.4 is 15.8 Å². The summed E-state index contributed by atoms with van der Waals surface area (Å²) in [5.74, 6) is 0.250. The van der Waals surface area contributed by atoms with Gasteiger partial charge in [-0.25, -0.2) is 0 Å². The number of carbonyl (C=O) groups is 1. The SMILES string of the molecule is CC(=O)Oc1nc(Cl)nc(NCC(C)C)c1N. The van der Waals surface area contributed by atoms with Crippen molar-refractivity contribution in [1.82, 2.24) is 9.97 Å². The fourth-order valence-electron chi connectivity index (χ4n) is 1.07. The molecule has 1 heterocycles. The highest BCUT2D eigenvalue weighted by molar-refractivity contribution is 6.28. The molecule has 94 valence electrons. The summed E-state index contributed by atoms with van der Waals surface area (Å²) < 4.78 is 4.83. The lowest BCUT2D eigenvalue weighted by molar-refractivity contribution is -0.132. The van der Waals surface area contributed by atoms with E-state index in [0.29, 0.717) is 18.3 Å². The van der Waals surface area contributed by atoms with Crippen molar-refractivity contribution in [3.8, 4) is 5.88 Å². The van der Waals surface area contributed by atoms with Crippen molar-refractivity contribution >= 4 is 29.1 Å². The van der Waals surface area contributed by atoms with Crippen LogP contribution in [0, 0.1) is 5.92 Å². The second kappa shape index (κ2) is 5.67. The van der Waals surface area contributed by atoms with Crippen LogP contribution in [0.3, 0.4) is 0 Å². The number of rotatable bonds is 4. The molecule has 0 saturated heterocycles. The standard InChI is InChI=1S/C10H15ClN4O2/c1-5(2)4-13-8-7(12)9(17-6(3)16)15-10(11)14-8/h5H,4,12H2,1-3H3,(H,13,14,15). The summed E-state index contributed by atoms with van der Waals surface area (Å²) in [6.45, 7) is 6.02. The van der Waals surface area contributed by atoms with Gasteiger partial charge in [-0.15, -0.1) is 0 Å². The molecule has 1 rings (SSSR count). The summed E-state index contributed by atoms with van der Waals surface area (Å²) >= 11 is 5.71. The molecule has 0 amide bonds. The number of hydrogen-bond donors (Lipinski definition) is 2. The van der Waals surface area contributed by atoms with E-state index in [1.165, 1.54) is 6.92 Å². The van der Waals surface area contributed by atoms with Gasteiger partial charge in [-0.3, -0.25) is 4.79 Å². The molecule has 6 nitrogen and oxygen atoms in total. The second-order valence-electron chi connectivity index (χ2n) is 3.93. The number of halogens is 1.